The molecule has 0 aliphatic carbocycles. The Kier molecular flexibility index (Phi) is 1.99. The fourth-order valence-corrected chi connectivity index (χ4v) is 1.42. The van der Waals surface area contributed by atoms with Gasteiger partial charge in [-0.3, -0.25) is 4.79 Å². The van der Waals surface area contributed by atoms with E-state index >= 15 is 0 Å². The van der Waals surface area contributed by atoms with Crippen LogP contribution in [0.15, 0.2) is 4.79 Å². The first-order valence-corrected chi connectivity index (χ1v) is 4.24. The van der Waals surface area contributed by atoms with Crippen molar-refractivity contribution in [3.8, 4) is 0 Å². The average molecular weight is 220 g/mol. The van der Waals surface area contributed by atoms with Gasteiger partial charge in [0.1, 0.15) is 6.61 Å². The van der Waals surface area contributed by atoms with Crippen LogP contribution in [0.1, 0.15) is 17.1 Å². The SMILES string of the molecule is Cc1c(C(F)(F)F)nc2n(c1=O)OCC2. The molecule has 0 bridgehead atoms. The fraction of sp³-hybridized carbons (Fsp3) is 0.500. The van der Waals surface area contributed by atoms with Gasteiger partial charge in [0.05, 0.1) is 0 Å². The first-order valence-electron chi connectivity index (χ1n) is 4.24. The van der Waals surface area contributed by atoms with E-state index in [1.807, 2.05) is 0 Å². The molecule has 4 nitrogen and oxygen atoms in total. The highest BCUT2D eigenvalue weighted by molar-refractivity contribution is 5.20. The molecule has 0 unspecified atom stereocenters. The molecule has 0 amide bonds. The Labute approximate surface area is 82.3 Å². The molecule has 1 aromatic heterocycles. The Morgan fingerprint density at radius 3 is 2.73 bits per heavy atom. The molecule has 0 saturated carbocycles. The van der Waals surface area contributed by atoms with Gasteiger partial charge in [-0.25, -0.2) is 4.98 Å². The van der Waals surface area contributed by atoms with Gasteiger partial charge in [0.25, 0.3) is 5.56 Å². The lowest BCUT2D eigenvalue weighted by Gasteiger charge is -2.10. The van der Waals surface area contributed by atoms with Crippen LogP contribution in [0.25, 0.3) is 0 Å². The molecule has 2 rings (SSSR count). The number of hydrogen-bond acceptors (Lipinski definition) is 3. The lowest BCUT2D eigenvalue weighted by Crippen LogP contribution is -2.30. The van der Waals surface area contributed by atoms with Gasteiger partial charge in [0.2, 0.25) is 0 Å². The maximum Gasteiger partial charge on any atom is 0.433 e. The molecule has 0 spiro atoms. The van der Waals surface area contributed by atoms with Crippen molar-refractivity contribution in [3.05, 3.63) is 27.4 Å². The zero-order valence-electron chi connectivity index (χ0n) is 7.76. The van der Waals surface area contributed by atoms with E-state index in [9.17, 15) is 18.0 Å². The molecular formula is C8H7F3N2O2. The van der Waals surface area contributed by atoms with Crippen molar-refractivity contribution in [1.82, 2.24) is 9.71 Å². The monoisotopic (exact) mass is 220 g/mol. The molecule has 0 radical (unpaired) electrons. The fourth-order valence-electron chi connectivity index (χ4n) is 1.42. The van der Waals surface area contributed by atoms with Crippen LogP contribution in [0.2, 0.25) is 0 Å². The van der Waals surface area contributed by atoms with Crippen molar-refractivity contribution in [2.24, 2.45) is 0 Å². The Morgan fingerprint density at radius 1 is 1.47 bits per heavy atom. The molecule has 2 heterocycles. The highest BCUT2D eigenvalue weighted by Crippen LogP contribution is 2.29. The molecule has 82 valence electrons. The number of nitrogens with zero attached hydrogens (tertiary/aromatic N) is 2. The first kappa shape index (κ1) is 10.0. The van der Waals surface area contributed by atoms with Crippen LogP contribution in [0.4, 0.5) is 13.2 Å². The topological polar surface area (TPSA) is 44.1 Å². The van der Waals surface area contributed by atoms with Crippen LogP contribution in [0.3, 0.4) is 0 Å². The lowest BCUT2D eigenvalue weighted by atomic mass is 10.2. The molecule has 1 aliphatic heterocycles. The van der Waals surface area contributed by atoms with E-state index in [0.29, 0.717) is 0 Å². The van der Waals surface area contributed by atoms with Crippen molar-refractivity contribution < 1.29 is 18.0 Å². The molecule has 0 atom stereocenters. The van der Waals surface area contributed by atoms with Gasteiger partial charge in [-0.2, -0.15) is 13.2 Å². The quantitative estimate of drug-likeness (QED) is 0.641. The number of aromatic nitrogens is 2. The molecule has 1 aromatic rings. The van der Waals surface area contributed by atoms with E-state index in [2.05, 4.69) is 4.98 Å². The van der Waals surface area contributed by atoms with Crippen LogP contribution in [0, 0.1) is 6.92 Å². The van der Waals surface area contributed by atoms with Gasteiger partial charge in [0.15, 0.2) is 11.5 Å². The summed E-state index contributed by atoms with van der Waals surface area (Å²) in [5.74, 6) is 0.0259. The third-order valence-corrected chi connectivity index (χ3v) is 2.15. The van der Waals surface area contributed by atoms with E-state index in [4.69, 9.17) is 4.84 Å². The largest absolute Gasteiger partial charge is 0.433 e. The zero-order chi connectivity index (χ0) is 11.2. The summed E-state index contributed by atoms with van der Waals surface area (Å²) in [5, 5.41) is 0. The van der Waals surface area contributed by atoms with E-state index in [0.717, 1.165) is 11.7 Å². The van der Waals surface area contributed by atoms with Crippen LogP contribution < -0.4 is 10.4 Å². The van der Waals surface area contributed by atoms with Gasteiger partial charge in [0, 0.05) is 12.0 Å². The molecule has 15 heavy (non-hydrogen) atoms. The standard InChI is InChI=1S/C8H7F3N2O2/c1-4-6(8(9,10)11)12-5-2-3-15-13(5)7(4)14/h2-3H2,1H3. The van der Waals surface area contributed by atoms with Crippen LogP contribution in [-0.4, -0.2) is 16.3 Å². The van der Waals surface area contributed by atoms with Crippen molar-refractivity contribution in [2.75, 3.05) is 6.61 Å². The highest BCUT2D eigenvalue weighted by Gasteiger charge is 2.37. The van der Waals surface area contributed by atoms with Crippen molar-refractivity contribution in [1.29, 1.82) is 0 Å². The van der Waals surface area contributed by atoms with Crippen LogP contribution >= 0.6 is 0 Å². The summed E-state index contributed by atoms with van der Waals surface area (Å²) in [5.41, 5.74) is -2.35. The van der Waals surface area contributed by atoms with E-state index in [1.54, 1.807) is 0 Å². The Morgan fingerprint density at radius 2 is 2.13 bits per heavy atom. The minimum absolute atomic E-state index is 0.0259. The van der Waals surface area contributed by atoms with E-state index in [-0.39, 0.29) is 18.9 Å². The Bertz CT molecular complexity index is 464. The van der Waals surface area contributed by atoms with Gasteiger partial charge < -0.3 is 4.84 Å². The van der Waals surface area contributed by atoms with E-state index < -0.39 is 23.0 Å². The maximum atomic E-state index is 12.4. The summed E-state index contributed by atoms with van der Waals surface area (Å²) >= 11 is 0. The van der Waals surface area contributed by atoms with Crippen molar-refractivity contribution >= 4 is 0 Å². The second kappa shape index (κ2) is 2.98. The van der Waals surface area contributed by atoms with Crippen molar-refractivity contribution in [3.63, 3.8) is 0 Å². The van der Waals surface area contributed by atoms with Gasteiger partial charge in [-0.15, -0.1) is 4.73 Å². The van der Waals surface area contributed by atoms with Crippen LogP contribution in [0.5, 0.6) is 0 Å². The maximum absolute atomic E-state index is 12.4. The summed E-state index contributed by atoms with van der Waals surface area (Å²) in [6.45, 7) is 1.27. The normalized spacial score (nSPS) is 14.9. The molecule has 0 fully saturated rings. The summed E-state index contributed by atoms with van der Waals surface area (Å²) in [7, 11) is 0. The van der Waals surface area contributed by atoms with E-state index in [1.165, 1.54) is 0 Å². The molecule has 7 heteroatoms. The number of fused-ring (bicyclic) bond motifs is 1. The summed E-state index contributed by atoms with van der Waals surface area (Å²) in [6, 6.07) is 0. The molecule has 0 aromatic carbocycles. The van der Waals surface area contributed by atoms with Crippen molar-refractivity contribution in [2.45, 2.75) is 19.5 Å². The molecule has 0 saturated heterocycles. The second-order valence-electron chi connectivity index (χ2n) is 3.18. The number of rotatable bonds is 0. The van der Waals surface area contributed by atoms with Gasteiger partial charge in [-0.05, 0) is 6.92 Å². The number of alkyl halides is 3. The number of hydrogen-bond donors (Lipinski definition) is 0. The first-order chi connectivity index (χ1) is 6.91. The smallest absolute Gasteiger partial charge is 0.409 e. The predicted molar refractivity (Wildman–Crippen MR) is 43.4 cm³/mol. The Hall–Kier alpha value is -1.53. The number of halogens is 3. The second-order valence-corrected chi connectivity index (χ2v) is 3.18. The summed E-state index contributed by atoms with van der Waals surface area (Å²) in [6.07, 6.45) is -4.37. The summed E-state index contributed by atoms with van der Waals surface area (Å²) < 4.78 is 38.2. The molecule has 0 N–H and O–H groups in total. The third-order valence-electron chi connectivity index (χ3n) is 2.15. The van der Waals surface area contributed by atoms with Crippen LogP contribution in [-0.2, 0) is 12.6 Å². The van der Waals surface area contributed by atoms with Gasteiger partial charge in [-0.1, -0.05) is 0 Å². The average Bonchev–Trinajstić information content (AvgIpc) is 2.57. The minimum Gasteiger partial charge on any atom is -0.409 e. The zero-order valence-corrected chi connectivity index (χ0v) is 7.76. The lowest BCUT2D eigenvalue weighted by molar-refractivity contribution is -0.142. The predicted octanol–water partition coefficient (Wildman–Crippen LogP) is 0.555. The van der Waals surface area contributed by atoms with Gasteiger partial charge >= 0.3 is 6.18 Å². The minimum atomic E-state index is -4.60. The third kappa shape index (κ3) is 1.47. The highest BCUT2D eigenvalue weighted by atomic mass is 19.4. The summed E-state index contributed by atoms with van der Waals surface area (Å²) in [4.78, 5) is 19.7. The Balaban J connectivity index is 2.70. The molecule has 1 aliphatic rings. The molecular weight excluding hydrogens is 213 g/mol.